The number of hydrogen-bond acceptors (Lipinski definition) is 3. The maximum absolute atomic E-state index is 10.6. The third-order valence-corrected chi connectivity index (χ3v) is 2.29. The van der Waals surface area contributed by atoms with E-state index in [4.69, 9.17) is 10.3 Å². The molecule has 0 unspecified atom stereocenters. The Morgan fingerprint density at radius 3 is 2.07 bits per heavy atom. The summed E-state index contributed by atoms with van der Waals surface area (Å²) >= 11 is 0. The molecule has 0 aliphatic rings. The van der Waals surface area contributed by atoms with Crippen molar-refractivity contribution in [1.29, 1.82) is 0 Å². The fourth-order valence-corrected chi connectivity index (χ4v) is 1.33. The van der Waals surface area contributed by atoms with Crippen LogP contribution in [-0.4, -0.2) is 48.6 Å². The van der Waals surface area contributed by atoms with Crippen LogP contribution in [0, 0.1) is 0 Å². The van der Waals surface area contributed by atoms with Crippen molar-refractivity contribution in [3.63, 3.8) is 0 Å². The summed E-state index contributed by atoms with van der Waals surface area (Å²) in [5.41, 5.74) is 5.18. The molecule has 15 heavy (non-hydrogen) atoms. The normalized spacial score (nSPS) is 10.2. The van der Waals surface area contributed by atoms with E-state index in [2.05, 4.69) is 5.32 Å². The Labute approximate surface area is 109 Å². The van der Waals surface area contributed by atoms with Crippen molar-refractivity contribution in [2.45, 2.75) is 4.90 Å². The van der Waals surface area contributed by atoms with Crippen LogP contribution >= 0.6 is 0 Å². The molecule has 0 spiro atoms. The second-order valence-electron chi connectivity index (χ2n) is 2.49. The van der Waals surface area contributed by atoms with E-state index in [1.807, 2.05) is 0 Å². The second-order valence-corrected chi connectivity index (χ2v) is 3.91. The van der Waals surface area contributed by atoms with Gasteiger partial charge < -0.3 is 11.1 Å². The Kier molecular flexibility index (Phi) is 5.26. The first-order chi connectivity index (χ1) is 6.39. The van der Waals surface area contributed by atoms with Crippen LogP contribution in [0.3, 0.4) is 0 Å². The molecule has 2 amide bonds. The number of urea groups is 1. The fraction of sp³-hybridized carbons (Fsp3) is 0. The third-order valence-electron chi connectivity index (χ3n) is 1.42. The van der Waals surface area contributed by atoms with Gasteiger partial charge in [-0.2, -0.15) is 8.42 Å². The van der Waals surface area contributed by atoms with Crippen molar-refractivity contribution in [1.82, 2.24) is 0 Å². The number of rotatable bonds is 2. The van der Waals surface area contributed by atoms with Gasteiger partial charge in [-0.05, 0) is 24.3 Å². The van der Waals surface area contributed by atoms with Gasteiger partial charge in [0, 0.05) is 5.69 Å². The maximum atomic E-state index is 10.6. The van der Waals surface area contributed by atoms with Gasteiger partial charge in [-0.15, -0.1) is 0 Å². The second kappa shape index (κ2) is 5.47. The van der Waals surface area contributed by atoms with E-state index in [1.54, 1.807) is 0 Å². The summed E-state index contributed by atoms with van der Waals surface area (Å²) in [6.07, 6.45) is 0. The van der Waals surface area contributed by atoms with Gasteiger partial charge in [0.1, 0.15) is 0 Å². The molecule has 1 rings (SSSR count). The van der Waals surface area contributed by atoms with Crippen molar-refractivity contribution in [2.75, 3.05) is 5.32 Å². The molecule has 0 saturated carbocycles. The van der Waals surface area contributed by atoms with E-state index < -0.39 is 16.1 Å². The van der Waals surface area contributed by atoms with Gasteiger partial charge in [0.2, 0.25) is 0 Å². The van der Waals surface area contributed by atoms with Crippen LogP contribution < -0.4 is 11.1 Å². The van der Waals surface area contributed by atoms with Gasteiger partial charge in [-0.1, -0.05) is 0 Å². The van der Waals surface area contributed by atoms with Crippen molar-refractivity contribution in [2.24, 2.45) is 5.73 Å². The number of nitrogens with one attached hydrogen (secondary N) is 1. The predicted octanol–water partition coefficient (Wildman–Crippen LogP) is -0.225. The Morgan fingerprint density at radius 1 is 1.27 bits per heavy atom. The van der Waals surface area contributed by atoms with Gasteiger partial charge in [0.05, 0.1) is 4.90 Å². The molecule has 8 heteroatoms. The van der Waals surface area contributed by atoms with Gasteiger partial charge >= 0.3 is 35.6 Å². The van der Waals surface area contributed by atoms with Crippen LogP contribution in [0.15, 0.2) is 29.2 Å². The molecule has 0 atom stereocenters. The average Bonchev–Trinajstić information content (AvgIpc) is 2.02. The summed E-state index contributed by atoms with van der Waals surface area (Å²) in [5.74, 6) is 0. The molecule has 1 aromatic rings. The quantitative estimate of drug-likeness (QED) is 0.490. The van der Waals surface area contributed by atoms with Crippen molar-refractivity contribution in [3.8, 4) is 0 Å². The van der Waals surface area contributed by atoms with E-state index >= 15 is 0 Å². The molecule has 0 saturated heterocycles. The van der Waals surface area contributed by atoms with Gasteiger partial charge in [-0.25, -0.2) is 4.79 Å². The van der Waals surface area contributed by atoms with E-state index in [-0.39, 0.29) is 34.5 Å². The molecule has 0 bridgehead atoms. The van der Waals surface area contributed by atoms with Crippen molar-refractivity contribution >= 4 is 51.4 Å². The first-order valence-corrected chi connectivity index (χ1v) is 4.97. The fourth-order valence-electron chi connectivity index (χ4n) is 0.852. The van der Waals surface area contributed by atoms with Gasteiger partial charge in [-0.3, -0.25) is 4.55 Å². The third kappa shape index (κ3) is 4.63. The number of benzene rings is 1. The van der Waals surface area contributed by atoms with Crippen LogP contribution in [0.1, 0.15) is 0 Å². The summed E-state index contributed by atoms with van der Waals surface area (Å²) in [6.45, 7) is 0. The first kappa shape index (κ1) is 14.4. The minimum atomic E-state index is -4.19. The standard InChI is InChI=1S/C7H8N2O4S.Na.H/c8-7(10)9-5-1-3-6(4-2-5)14(11,12)13;;/h1-4H,(H3,8,9,10)(H,11,12,13);;. The van der Waals surface area contributed by atoms with Crippen LogP contribution in [0.4, 0.5) is 10.5 Å². The molecule has 4 N–H and O–H groups in total. The Bertz CT molecular complexity index is 443. The predicted molar refractivity (Wildman–Crippen MR) is 56.6 cm³/mol. The first-order valence-electron chi connectivity index (χ1n) is 3.53. The van der Waals surface area contributed by atoms with Crippen molar-refractivity contribution < 1.29 is 17.8 Å². The number of carbonyl (C=O) groups is 1. The minimum absolute atomic E-state index is 0. The number of anilines is 1. The molecular formula is C7H9N2NaO4S. The molecule has 0 aromatic heterocycles. The van der Waals surface area contributed by atoms with Crippen LogP contribution in [0.25, 0.3) is 0 Å². The number of amides is 2. The number of hydrogen-bond donors (Lipinski definition) is 3. The molecule has 0 heterocycles. The monoisotopic (exact) mass is 240 g/mol. The van der Waals surface area contributed by atoms with Gasteiger partial charge in [0.15, 0.2) is 0 Å². The number of carbonyl (C=O) groups excluding carboxylic acids is 1. The van der Waals surface area contributed by atoms with Crippen LogP contribution in [0.2, 0.25) is 0 Å². The molecule has 0 radical (unpaired) electrons. The van der Waals surface area contributed by atoms with E-state index in [0.29, 0.717) is 5.69 Å². The summed E-state index contributed by atoms with van der Waals surface area (Å²) in [4.78, 5) is 10.2. The SMILES string of the molecule is NC(=O)Nc1ccc(S(=O)(=O)O)cc1.[NaH]. The molecule has 0 fully saturated rings. The number of primary amides is 1. The Morgan fingerprint density at radius 2 is 1.73 bits per heavy atom. The van der Waals surface area contributed by atoms with Crippen molar-refractivity contribution in [3.05, 3.63) is 24.3 Å². The molecule has 1 aromatic carbocycles. The summed E-state index contributed by atoms with van der Waals surface area (Å²) in [6, 6.07) is 4.19. The topological polar surface area (TPSA) is 109 Å². The van der Waals surface area contributed by atoms with Crippen LogP contribution in [-0.2, 0) is 10.1 Å². The number of nitrogens with two attached hydrogens (primary N) is 1. The average molecular weight is 240 g/mol. The summed E-state index contributed by atoms with van der Waals surface area (Å²) < 4.78 is 29.8. The summed E-state index contributed by atoms with van der Waals surface area (Å²) in [7, 11) is -4.19. The molecule has 0 aliphatic heterocycles. The van der Waals surface area contributed by atoms with E-state index in [1.165, 1.54) is 12.1 Å². The molecule has 0 aliphatic carbocycles. The molecule has 6 nitrogen and oxygen atoms in total. The van der Waals surface area contributed by atoms with E-state index in [9.17, 15) is 13.2 Å². The zero-order chi connectivity index (χ0) is 10.8. The Hall–Kier alpha value is -0.600. The van der Waals surface area contributed by atoms with Crippen LogP contribution in [0.5, 0.6) is 0 Å². The van der Waals surface area contributed by atoms with E-state index in [0.717, 1.165) is 12.1 Å². The zero-order valence-corrected chi connectivity index (χ0v) is 7.78. The molecule has 78 valence electrons. The van der Waals surface area contributed by atoms with Gasteiger partial charge in [0.25, 0.3) is 10.1 Å². The summed E-state index contributed by atoms with van der Waals surface area (Å²) in [5, 5.41) is 2.25. The molecular weight excluding hydrogens is 231 g/mol. The zero-order valence-electron chi connectivity index (χ0n) is 6.97. The Balaban J connectivity index is 0.00000196.